The normalized spacial score (nSPS) is 13.9. The predicted molar refractivity (Wildman–Crippen MR) is 104 cm³/mol. The minimum Gasteiger partial charge on any atom is -0.356 e. The van der Waals surface area contributed by atoms with Crippen LogP contribution in [-0.2, 0) is 4.79 Å². The first-order chi connectivity index (χ1) is 11.5. The standard InChI is InChI=1S/C18H30N4OS/c1-5-14(2)22-17(23)11-12-20-18(19-4)21-13-15(3)24-16-9-7-6-8-10-16/h6-10,14-15H,5,11-13H2,1-4H3,(H,22,23)(H2,19,20,21). The minimum absolute atomic E-state index is 0.0697. The molecule has 1 amide bonds. The van der Waals surface area contributed by atoms with Crippen LogP contribution in [0.5, 0.6) is 0 Å². The maximum absolute atomic E-state index is 11.7. The zero-order valence-corrected chi connectivity index (χ0v) is 16.0. The Balaban J connectivity index is 2.24. The maximum Gasteiger partial charge on any atom is 0.221 e. The van der Waals surface area contributed by atoms with Gasteiger partial charge in [0.15, 0.2) is 5.96 Å². The first-order valence-corrected chi connectivity index (χ1v) is 9.38. The molecule has 0 aliphatic heterocycles. The van der Waals surface area contributed by atoms with E-state index in [0.29, 0.717) is 18.2 Å². The molecular formula is C18H30N4OS. The molecular weight excluding hydrogens is 320 g/mol. The van der Waals surface area contributed by atoms with Crippen LogP contribution in [0.1, 0.15) is 33.6 Å². The zero-order chi connectivity index (χ0) is 17.8. The van der Waals surface area contributed by atoms with E-state index in [1.54, 1.807) is 7.05 Å². The smallest absolute Gasteiger partial charge is 0.221 e. The van der Waals surface area contributed by atoms with E-state index >= 15 is 0 Å². The van der Waals surface area contributed by atoms with Gasteiger partial charge in [-0.05, 0) is 25.5 Å². The second-order valence-electron chi connectivity index (χ2n) is 5.75. The fourth-order valence-corrected chi connectivity index (χ4v) is 2.92. The molecule has 0 fully saturated rings. The molecule has 1 aromatic carbocycles. The number of carbonyl (C=O) groups is 1. The van der Waals surface area contributed by atoms with Crippen molar-refractivity contribution in [2.24, 2.45) is 4.99 Å². The number of nitrogens with zero attached hydrogens (tertiary/aromatic N) is 1. The summed E-state index contributed by atoms with van der Waals surface area (Å²) in [4.78, 5) is 17.2. The minimum atomic E-state index is 0.0697. The van der Waals surface area contributed by atoms with Crippen LogP contribution < -0.4 is 16.0 Å². The molecule has 0 aromatic heterocycles. The van der Waals surface area contributed by atoms with Gasteiger partial charge in [0.25, 0.3) is 0 Å². The Morgan fingerprint density at radius 3 is 2.54 bits per heavy atom. The number of amides is 1. The number of benzene rings is 1. The van der Waals surface area contributed by atoms with E-state index in [9.17, 15) is 4.79 Å². The number of rotatable bonds is 9. The van der Waals surface area contributed by atoms with E-state index < -0.39 is 0 Å². The Hall–Kier alpha value is -1.69. The average molecular weight is 351 g/mol. The molecule has 0 spiro atoms. The van der Waals surface area contributed by atoms with Crippen LogP contribution in [0.4, 0.5) is 0 Å². The van der Waals surface area contributed by atoms with Crippen molar-refractivity contribution in [2.75, 3.05) is 20.1 Å². The highest BCUT2D eigenvalue weighted by atomic mass is 32.2. The summed E-state index contributed by atoms with van der Waals surface area (Å²) in [5, 5.41) is 9.85. The van der Waals surface area contributed by atoms with Gasteiger partial charge in [-0.1, -0.05) is 32.0 Å². The maximum atomic E-state index is 11.7. The van der Waals surface area contributed by atoms with Gasteiger partial charge in [0.1, 0.15) is 0 Å². The van der Waals surface area contributed by atoms with Crippen molar-refractivity contribution in [2.45, 2.75) is 49.8 Å². The molecule has 1 aromatic rings. The molecule has 2 unspecified atom stereocenters. The summed E-state index contributed by atoms with van der Waals surface area (Å²) in [5.74, 6) is 0.798. The molecule has 2 atom stereocenters. The van der Waals surface area contributed by atoms with Crippen LogP contribution in [0.15, 0.2) is 40.2 Å². The van der Waals surface area contributed by atoms with Gasteiger partial charge >= 0.3 is 0 Å². The third-order valence-corrected chi connectivity index (χ3v) is 4.64. The molecule has 0 saturated carbocycles. The Morgan fingerprint density at radius 2 is 1.92 bits per heavy atom. The van der Waals surface area contributed by atoms with Crippen molar-refractivity contribution in [1.29, 1.82) is 0 Å². The lowest BCUT2D eigenvalue weighted by Crippen LogP contribution is -2.42. The van der Waals surface area contributed by atoms with Crippen LogP contribution in [0.2, 0.25) is 0 Å². The van der Waals surface area contributed by atoms with E-state index in [2.05, 4.69) is 46.9 Å². The number of nitrogens with one attached hydrogen (secondary N) is 3. The summed E-state index contributed by atoms with van der Waals surface area (Å²) < 4.78 is 0. The molecule has 0 heterocycles. The molecule has 3 N–H and O–H groups in total. The van der Waals surface area contributed by atoms with Crippen LogP contribution in [0.3, 0.4) is 0 Å². The second-order valence-corrected chi connectivity index (χ2v) is 7.26. The summed E-state index contributed by atoms with van der Waals surface area (Å²) >= 11 is 1.82. The Bertz CT molecular complexity index is 507. The van der Waals surface area contributed by atoms with Crippen LogP contribution in [0, 0.1) is 0 Å². The van der Waals surface area contributed by atoms with E-state index in [-0.39, 0.29) is 11.9 Å². The third-order valence-electron chi connectivity index (χ3n) is 3.53. The molecule has 0 radical (unpaired) electrons. The van der Waals surface area contributed by atoms with Crippen molar-refractivity contribution < 1.29 is 4.79 Å². The summed E-state index contributed by atoms with van der Waals surface area (Å²) in [6.45, 7) is 7.62. The van der Waals surface area contributed by atoms with Crippen LogP contribution >= 0.6 is 11.8 Å². The number of guanidine groups is 1. The van der Waals surface area contributed by atoms with Crippen molar-refractivity contribution in [3.8, 4) is 0 Å². The lowest BCUT2D eigenvalue weighted by Gasteiger charge is -2.16. The van der Waals surface area contributed by atoms with Gasteiger partial charge in [-0.3, -0.25) is 9.79 Å². The number of thioether (sulfide) groups is 1. The Kier molecular flexibility index (Phi) is 10.00. The van der Waals surface area contributed by atoms with Gasteiger partial charge in [-0.2, -0.15) is 0 Å². The van der Waals surface area contributed by atoms with Gasteiger partial charge < -0.3 is 16.0 Å². The zero-order valence-electron chi connectivity index (χ0n) is 15.1. The van der Waals surface area contributed by atoms with E-state index in [4.69, 9.17) is 0 Å². The highest BCUT2D eigenvalue weighted by Gasteiger charge is 2.07. The van der Waals surface area contributed by atoms with Crippen molar-refractivity contribution in [3.63, 3.8) is 0 Å². The molecule has 1 rings (SSSR count). The SMILES string of the molecule is CCC(C)NC(=O)CCNC(=NC)NCC(C)Sc1ccccc1. The van der Waals surface area contributed by atoms with E-state index in [1.807, 2.05) is 36.9 Å². The summed E-state index contributed by atoms with van der Waals surface area (Å²) in [5.41, 5.74) is 0. The first kappa shape index (κ1) is 20.4. The largest absolute Gasteiger partial charge is 0.356 e. The number of aliphatic imine (C=N–C) groups is 1. The second kappa shape index (κ2) is 11.8. The van der Waals surface area contributed by atoms with Crippen molar-refractivity contribution in [3.05, 3.63) is 30.3 Å². The molecule has 0 bridgehead atoms. The summed E-state index contributed by atoms with van der Waals surface area (Å²) in [6, 6.07) is 10.6. The number of hydrogen-bond acceptors (Lipinski definition) is 3. The molecule has 0 aliphatic rings. The molecule has 5 nitrogen and oxygen atoms in total. The van der Waals surface area contributed by atoms with Gasteiger partial charge in [-0.25, -0.2) is 0 Å². The summed E-state index contributed by atoms with van der Waals surface area (Å²) in [7, 11) is 1.74. The monoisotopic (exact) mass is 350 g/mol. The molecule has 24 heavy (non-hydrogen) atoms. The van der Waals surface area contributed by atoms with E-state index in [1.165, 1.54) is 4.90 Å². The molecule has 0 aliphatic carbocycles. The van der Waals surface area contributed by atoms with Gasteiger partial charge in [0.2, 0.25) is 5.91 Å². The van der Waals surface area contributed by atoms with Gasteiger partial charge in [-0.15, -0.1) is 11.8 Å². The molecule has 6 heteroatoms. The highest BCUT2D eigenvalue weighted by Crippen LogP contribution is 2.21. The van der Waals surface area contributed by atoms with Gasteiger partial charge in [0.05, 0.1) is 0 Å². The molecule has 134 valence electrons. The topological polar surface area (TPSA) is 65.5 Å². The predicted octanol–water partition coefficient (Wildman–Crippen LogP) is 2.64. The van der Waals surface area contributed by atoms with Crippen molar-refractivity contribution >= 4 is 23.6 Å². The highest BCUT2D eigenvalue weighted by molar-refractivity contribution is 8.00. The fraction of sp³-hybridized carbons (Fsp3) is 0.556. The number of hydrogen-bond donors (Lipinski definition) is 3. The lowest BCUT2D eigenvalue weighted by molar-refractivity contribution is -0.121. The lowest BCUT2D eigenvalue weighted by atomic mass is 10.2. The van der Waals surface area contributed by atoms with E-state index in [0.717, 1.165) is 18.9 Å². The third kappa shape index (κ3) is 8.82. The first-order valence-electron chi connectivity index (χ1n) is 8.50. The average Bonchev–Trinajstić information content (AvgIpc) is 2.58. The fourth-order valence-electron chi connectivity index (χ4n) is 1.98. The van der Waals surface area contributed by atoms with Crippen LogP contribution in [0.25, 0.3) is 0 Å². The Labute approximate surface area is 150 Å². The van der Waals surface area contributed by atoms with Gasteiger partial charge in [0, 0.05) is 42.7 Å². The Morgan fingerprint density at radius 1 is 1.21 bits per heavy atom. The quantitative estimate of drug-likeness (QED) is 0.364. The van der Waals surface area contributed by atoms with Crippen LogP contribution in [-0.4, -0.2) is 43.3 Å². The van der Waals surface area contributed by atoms with Crippen molar-refractivity contribution in [1.82, 2.24) is 16.0 Å². The summed E-state index contributed by atoms with van der Waals surface area (Å²) in [6.07, 6.45) is 1.39. The number of carbonyl (C=O) groups excluding carboxylic acids is 1. The molecule has 0 saturated heterocycles.